The zero-order valence-electron chi connectivity index (χ0n) is 20.9. The van der Waals surface area contributed by atoms with Gasteiger partial charge in [0.15, 0.2) is 5.78 Å². The van der Waals surface area contributed by atoms with E-state index in [1.54, 1.807) is 6.07 Å². The van der Waals surface area contributed by atoms with Gasteiger partial charge >= 0.3 is 0 Å². The highest BCUT2D eigenvalue weighted by Gasteiger charge is 2.58. The van der Waals surface area contributed by atoms with Crippen molar-refractivity contribution in [1.29, 1.82) is 0 Å². The highest BCUT2D eigenvalue weighted by atomic mass is 32.2. The van der Waals surface area contributed by atoms with E-state index >= 15 is 0 Å². The van der Waals surface area contributed by atoms with E-state index in [2.05, 4.69) is 10.0 Å². The molecular weight excluding hydrogens is 507 g/mol. The topological polar surface area (TPSA) is 102 Å². The van der Waals surface area contributed by atoms with Crippen LogP contribution in [-0.2, 0) is 27.7 Å². The van der Waals surface area contributed by atoms with Crippen LogP contribution in [0.5, 0.6) is 5.75 Å². The number of ether oxygens (including phenoxy) is 1. The maximum atomic E-state index is 13.5. The summed E-state index contributed by atoms with van der Waals surface area (Å²) in [5.74, 6) is -0.317. The first-order chi connectivity index (χ1) is 18.2. The van der Waals surface area contributed by atoms with Crippen LogP contribution in [0.1, 0.15) is 40.7 Å². The molecule has 1 amide bonds. The number of benzene rings is 3. The summed E-state index contributed by atoms with van der Waals surface area (Å²) in [7, 11) is -2.30. The van der Waals surface area contributed by atoms with Crippen LogP contribution in [0.2, 0.25) is 0 Å². The van der Waals surface area contributed by atoms with Crippen LogP contribution in [0.4, 0.5) is 4.39 Å². The van der Waals surface area contributed by atoms with Crippen LogP contribution in [0.15, 0.2) is 77.7 Å². The number of methoxy groups -OCH3 is 1. The molecule has 1 atom stereocenters. The molecule has 0 heterocycles. The van der Waals surface area contributed by atoms with Crippen LogP contribution < -0.4 is 14.8 Å². The monoisotopic (exact) mass is 536 g/mol. The van der Waals surface area contributed by atoms with E-state index in [0.29, 0.717) is 11.5 Å². The highest BCUT2D eigenvalue weighted by molar-refractivity contribution is 7.89. The standard InChI is InChI=1S/C29H29FN2O5S/c1-37-27-15-24(38(35,36)32-29-16-20(17-29)18-29)12-9-22(27)14-26(33)25(13-19-5-3-2-4-6-19)31-28(34)21-7-10-23(30)11-8-21/h2-12,15,20,25,32H,13-14,16-18H2,1H3,(H,31,34)/t20?,25-,29?/m0/s1. The van der Waals surface area contributed by atoms with Crippen LogP contribution in [0, 0.1) is 11.7 Å². The maximum Gasteiger partial charge on any atom is 0.251 e. The van der Waals surface area contributed by atoms with E-state index in [4.69, 9.17) is 4.74 Å². The Labute approximate surface area is 221 Å². The van der Waals surface area contributed by atoms with Crippen molar-refractivity contribution in [2.75, 3.05) is 7.11 Å². The number of hydrogen-bond acceptors (Lipinski definition) is 5. The van der Waals surface area contributed by atoms with Crippen molar-refractivity contribution in [3.8, 4) is 5.75 Å². The Morgan fingerprint density at radius 3 is 2.32 bits per heavy atom. The van der Waals surface area contributed by atoms with Crippen LogP contribution in [-0.4, -0.2) is 38.8 Å². The predicted molar refractivity (Wildman–Crippen MR) is 140 cm³/mol. The summed E-state index contributed by atoms with van der Waals surface area (Å²) in [5.41, 5.74) is 1.30. The van der Waals surface area contributed by atoms with E-state index in [1.807, 2.05) is 30.3 Å². The minimum absolute atomic E-state index is 0.0796. The van der Waals surface area contributed by atoms with Gasteiger partial charge in [-0.2, -0.15) is 0 Å². The van der Waals surface area contributed by atoms with Gasteiger partial charge in [0.2, 0.25) is 10.0 Å². The van der Waals surface area contributed by atoms with Gasteiger partial charge < -0.3 is 10.1 Å². The summed E-state index contributed by atoms with van der Waals surface area (Å²) in [6, 6.07) is 18.0. The fourth-order valence-electron chi connectivity index (χ4n) is 5.23. The third kappa shape index (κ3) is 5.49. The number of halogens is 1. The van der Waals surface area contributed by atoms with Crippen molar-refractivity contribution in [3.05, 3.63) is 95.3 Å². The summed E-state index contributed by atoms with van der Waals surface area (Å²) in [5, 5.41) is 2.78. The zero-order chi connectivity index (χ0) is 26.9. The van der Waals surface area contributed by atoms with Gasteiger partial charge in [-0.3, -0.25) is 9.59 Å². The van der Waals surface area contributed by atoms with Crippen molar-refractivity contribution in [2.24, 2.45) is 5.92 Å². The van der Waals surface area contributed by atoms with Crippen molar-refractivity contribution < 1.29 is 27.1 Å². The van der Waals surface area contributed by atoms with Gasteiger partial charge in [0.25, 0.3) is 5.91 Å². The molecule has 3 aromatic carbocycles. The molecule has 3 aliphatic carbocycles. The molecule has 0 radical (unpaired) electrons. The number of rotatable bonds is 11. The smallest absolute Gasteiger partial charge is 0.251 e. The normalized spacial score (nSPS) is 20.5. The lowest BCUT2D eigenvalue weighted by molar-refractivity contribution is -0.120. The Bertz CT molecular complexity index is 1440. The number of Topliss-reactive ketones (excluding diaryl/α,β-unsaturated/α-hetero) is 1. The molecule has 38 heavy (non-hydrogen) atoms. The molecule has 3 saturated carbocycles. The number of sulfonamides is 1. The number of nitrogens with one attached hydrogen (secondary N) is 2. The molecule has 7 nitrogen and oxygen atoms in total. The van der Waals surface area contributed by atoms with E-state index in [0.717, 1.165) is 24.8 Å². The molecule has 0 unspecified atom stereocenters. The van der Waals surface area contributed by atoms with Gasteiger partial charge in [-0.15, -0.1) is 0 Å². The lowest BCUT2D eigenvalue weighted by Crippen LogP contribution is -2.67. The number of ketones is 1. The van der Waals surface area contributed by atoms with Crippen molar-refractivity contribution in [3.63, 3.8) is 0 Å². The number of carbonyl (C=O) groups is 2. The first-order valence-electron chi connectivity index (χ1n) is 12.5. The van der Waals surface area contributed by atoms with Gasteiger partial charge in [0.05, 0.1) is 18.0 Å². The fourth-order valence-corrected chi connectivity index (χ4v) is 6.68. The molecular formula is C29H29FN2O5S. The average Bonchev–Trinajstić information content (AvgIpc) is 2.86. The van der Waals surface area contributed by atoms with E-state index in [1.165, 1.54) is 43.5 Å². The first-order valence-corrected chi connectivity index (χ1v) is 14.0. The Morgan fingerprint density at radius 1 is 1.03 bits per heavy atom. The van der Waals surface area contributed by atoms with E-state index < -0.39 is 27.8 Å². The molecule has 0 aliphatic heterocycles. The highest BCUT2D eigenvalue weighted by Crippen LogP contribution is 2.57. The second kappa shape index (κ2) is 10.3. The van der Waals surface area contributed by atoms with Gasteiger partial charge in [-0.05, 0) is 67.5 Å². The molecule has 3 fully saturated rings. The molecule has 9 heteroatoms. The van der Waals surface area contributed by atoms with Crippen molar-refractivity contribution in [2.45, 2.75) is 48.6 Å². The zero-order valence-corrected chi connectivity index (χ0v) is 21.8. The Morgan fingerprint density at radius 2 is 1.71 bits per heavy atom. The number of hydrogen-bond donors (Lipinski definition) is 2. The van der Waals surface area contributed by atoms with E-state index in [-0.39, 0.29) is 40.4 Å². The van der Waals surface area contributed by atoms with Crippen LogP contribution in [0.3, 0.4) is 0 Å². The Kier molecular flexibility index (Phi) is 7.07. The molecule has 3 aromatic rings. The SMILES string of the molecule is COc1cc(S(=O)(=O)NC23CC(C2)C3)ccc1CC(=O)[C@H](Cc1ccccc1)NC(=O)c1ccc(F)cc1. The molecule has 0 saturated heterocycles. The van der Waals surface area contributed by atoms with E-state index in [9.17, 15) is 22.4 Å². The molecule has 3 aliphatic rings. The minimum Gasteiger partial charge on any atom is -0.496 e. The van der Waals surface area contributed by atoms with Gasteiger partial charge in [0.1, 0.15) is 11.6 Å². The van der Waals surface area contributed by atoms with Gasteiger partial charge in [0, 0.05) is 29.2 Å². The molecule has 198 valence electrons. The average molecular weight is 537 g/mol. The second-order valence-corrected chi connectivity index (χ2v) is 11.9. The summed E-state index contributed by atoms with van der Waals surface area (Å²) < 4.78 is 47.5. The second-order valence-electron chi connectivity index (χ2n) is 10.2. The largest absolute Gasteiger partial charge is 0.496 e. The summed E-state index contributed by atoms with van der Waals surface area (Å²) in [4.78, 5) is 26.4. The van der Waals surface area contributed by atoms with Crippen molar-refractivity contribution in [1.82, 2.24) is 10.0 Å². The predicted octanol–water partition coefficient (Wildman–Crippen LogP) is 3.82. The molecule has 0 spiro atoms. The first kappa shape index (κ1) is 26.1. The van der Waals surface area contributed by atoms with Gasteiger partial charge in [-0.25, -0.2) is 17.5 Å². The fraction of sp³-hybridized carbons (Fsp3) is 0.310. The van der Waals surface area contributed by atoms with Crippen LogP contribution in [0.25, 0.3) is 0 Å². The number of carbonyl (C=O) groups excluding carboxylic acids is 2. The summed E-state index contributed by atoms with van der Waals surface area (Å²) in [6.45, 7) is 0. The molecule has 2 bridgehead atoms. The third-order valence-corrected chi connectivity index (χ3v) is 8.98. The van der Waals surface area contributed by atoms with Gasteiger partial charge in [-0.1, -0.05) is 36.4 Å². The Balaban J connectivity index is 1.34. The molecule has 6 rings (SSSR count). The Hall–Kier alpha value is -3.56. The summed E-state index contributed by atoms with van der Waals surface area (Å²) >= 11 is 0. The molecule has 0 aromatic heterocycles. The van der Waals surface area contributed by atoms with Crippen molar-refractivity contribution >= 4 is 21.7 Å². The summed E-state index contributed by atoms with van der Waals surface area (Å²) in [6.07, 6.45) is 2.81. The quantitative estimate of drug-likeness (QED) is 0.388. The lowest BCUT2D eigenvalue weighted by atomic mass is 9.50. The minimum atomic E-state index is -3.72. The van der Waals surface area contributed by atoms with Crippen LogP contribution >= 0.6 is 0 Å². The lowest BCUT2D eigenvalue weighted by Gasteiger charge is -2.61. The maximum absolute atomic E-state index is 13.5. The third-order valence-electron chi connectivity index (χ3n) is 7.41. The number of amides is 1. The molecule has 2 N–H and O–H groups in total.